The summed E-state index contributed by atoms with van der Waals surface area (Å²) in [6.07, 6.45) is 1.68. The van der Waals surface area contributed by atoms with Crippen molar-refractivity contribution in [2.24, 2.45) is 0 Å². The molecule has 0 radical (unpaired) electrons. The highest BCUT2D eigenvalue weighted by atomic mass is 16.5. The Morgan fingerprint density at radius 3 is 2.85 bits per heavy atom. The third-order valence-electron chi connectivity index (χ3n) is 4.48. The number of benzene rings is 1. The average molecular weight is 371 g/mol. The van der Waals surface area contributed by atoms with Gasteiger partial charge in [-0.2, -0.15) is 0 Å². The molecule has 27 heavy (non-hydrogen) atoms. The Hall–Kier alpha value is -2.80. The fraction of sp³-hybridized carbons (Fsp3) is 0.400. The Kier molecular flexibility index (Phi) is 6.49. The minimum Gasteiger partial charge on any atom is -0.494 e. The first-order chi connectivity index (χ1) is 13.2. The van der Waals surface area contributed by atoms with Crippen LogP contribution < -0.4 is 15.4 Å². The molecule has 144 valence electrons. The van der Waals surface area contributed by atoms with E-state index in [0.29, 0.717) is 38.5 Å². The SMILES string of the molecule is CCOc1ccc(CN2CCNC(=O)C2CC(=O)NCc2ccco2)cc1. The van der Waals surface area contributed by atoms with E-state index < -0.39 is 6.04 Å². The van der Waals surface area contributed by atoms with E-state index in [9.17, 15) is 9.59 Å². The molecule has 0 aliphatic carbocycles. The second-order valence-corrected chi connectivity index (χ2v) is 6.41. The van der Waals surface area contributed by atoms with Crippen LogP contribution in [-0.4, -0.2) is 42.5 Å². The first-order valence-electron chi connectivity index (χ1n) is 9.18. The normalized spacial score (nSPS) is 17.4. The minimum absolute atomic E-state index is 0.111. The number of piperazine rings is 1. The summed E-state index contributed by atoms with van der Waals surface area (Å²) in [6.45, 7) is 4.78. The lowest BCUT2D eigenvalue weighted by atomic mass is 10.1. The molecule has 0 spiro atoms. The number of nitrogens with zero attached hydrogens (tertiary/aromatic N) is 1. The Morgan fingerprint density at radius 2 is 2.15 bits per heavy atom. The number of carbonyl (C=O) groups excluding carboxylic acids is 2. The average Bonchev–Trinajstić information content (AvgIpc) is 3.18. The zero-order chi connectivity index (χ0) is 19.1. The van der Waals surface area contributed by atoms with E-state index in [-0.39, 0.29) is 18.2 Å². The highest BCUT2D eigenvalue weighted by Gasteiger charge is 2.31. The summed E-state index contributed by atoms with van der Waals surface area (Å²) < 4.78 is 10.7. The maximum Gasteiger partial charge on any atom is 0.237 e. The highest BCUT2D eigenvalue weighted by molar-refractivity contribution is 5.88. The zero-order valence-corrected chi connectivity index (χ0v) is 15.4. The number of ether oxygens (including phenoxy) is 1. The molecule has 0 saturated carbocycles. The molecule has 0 bridgehead atoms. The number of furan rings is 1. The molecule has 1 aromatic carbocycles. The topological polar surface area (TPSA) is 83.8 Å². The quantitative estimate of drug-likeness (QED) is 0.738. The number of amides is 2. The third-order valence-corrected chi connectivity index (χ3v) is 4.48. The molecular formula is C20H25N3O4. The fourth-order valence-corrected chi connectivity index (χ4v) is 3.11. The van der Waals surface area contributed by atoms with Gasteiger partial charge in [-0.25, -0.2) is 0 Å². The van der Waals surface area contributed by atoms with Crippen LogP contribution >= 0.6 is 0 Å². The van der Waals surface area contributed by atoms with Crippen molar-refractivity contribution in [3.05, 3.63) is 54.0 Å². The summed E-state index contributed by atoms with van der Waals surface area (Å²) in [5.41, 5.74) is 1.08. The molecule has 1 aliphatic heterocycles. The van der Waals surface area contributed by atoms with Gasteiger partial charge in [0.15, 0.2) is 0 Å². The second kappa shape index (κ2) is 9.23. The van der Waals surface area contributed by atoms with Gasteiger partial charge in [0, 0.05) is 19.6 Å². The fourth-order valence-electron chi connectivity index (χ4n) is 3.11. The van der Waals surface area contributed by atoms with E-state index in [1.807, 2.05) is 36.1 Å². The molecule has 2 N–H and O–H groups in total. The molecule has 1 unspecified atom stereocenters. The zero-order valence-electron chi connectivity index (χ0n) is 15.4. The lowest BCUT2D eigenvalue weighted by Gasteiger charge is -2.34. The van der Waals surface area contributed by atoms with Crippen LogP contribution in [0.2, 0.25) is 0 Å². The molecule has 1 fully saturated rings. The summed E-state index contributed by atoms with van der Waals surface area (Å²) in [7, 11) is 0. The van der Waals surface area contributed by atoms with Crippen LogP contribution in [0.1, 0.15) is 24.7 Å². The van der Waals surface area contributed by atoms with Gasteiger partial charge >= 0.3 is 0 Å². The van der Waals surface area contributed by atoms with E-state index in [1.165, 1.54) is 0 Å². The van der Waals surface area contributed by atoms with Gasteiger partial charge in [0.2, 0.25) is 11.8 Å². The largest absolute Gasteiger partial charge is 0.494 e. The van der Waals surface area contributed by atoms with Crippen molar-refractivity contribution in [1.29, 1.82) is 0 Å². The molecule has 2 aromatic rings. The van der Waals surface area contributed by atoms with Gasteiger partial charge < -0.3 is 19.8 Å². The standard InChI is InChI=1S/C20H25N3O4/c1-2-26-16-7-5-15(6-8-16)14-23-10-9-21-20(25)18(23)12-19(24)22-13-17-4-3-11-27-17/h3-8,11,18H,2,9-10,12-14H2,1H3,(H,21,25)(H,22,24). The first-order valence-corrected chi connectivity index (χ1v) is 9.18. The Bertz CT molecular complexity index is 743. The van der Waals surface area contributed by atoms with Crippen LogP contribution in [0.25, 0.3) is 0 Å². The van der Waals surface area contributed by atoms with E-state index >= 15 is 0 Å². The summed E-state index contributed by atoms with van der Waals surface area (Å²) in [6, 6.07) is 10.9. The van der Waals surface area contributed by atoms with Crippen molar-refractivity contribution in [2.75, 3.05) is 19.7 Å². The molecule has 7 heteroatoms. The number of rotatable bonds is 8. The smallest absolute Gasteiger partial charge is 0.237 e. The van der Waals surface area contributed by atoms with Crippen LogP contribution in [0.3, 0.4) is 0 Å². The Labute approximate surface area is 158 Å². The van der Waals surface area contributed by atoms with Gasteiger partial charge in [-0.3, -0.25) is 14.5 Å². The maximum absolute atomic E-state index is 12.3. The van der Waals surface area contributed by atoms with Gasteiger partial charge in [0.05, 0.1) is 31.9 Å². The monoisotopic (exact) mass is 371 g/mol. The van der Waals surface area contributed by atoms with Crippen LogP contribution in [0.15, 0.2) is 47.1 Å². The maximum atomic E-state index is 12.3. The van der Waals surface area contributed by atoms with Crippen LogP contribution in [0.4, 0.5) is 0 Å². The van der Waals surface area contributed by atoms with Crippen LogP contribution in [0.5, 0.6) is 5.75 Å². The Morgan fingerprint density at radius 1 is 1.33 bits per heavy atom. The molecular weight excluding hydrogens is 346 g/mol. The third kappa shape index (κ3) is 5.34. The molecule has 7 nitrogen and oxygen atoms in total. The second-order valence-electron chi connectivity index (χ2n) is 6.41. The van der Waals surface area contributed by atoms with Crippen molar-refractivity contribution < 1.29 is 18.7 Å². The van der Waals surface area contributed by atoms with Crippen molar-refractivity contribution in [3.63, 3.8) is 0 Å². The number of carbonyl (C=O) groups is 2. The van der Waals surface area contributed by atoms with Crippen LogP contribution in [0, 0.1) is 0 Å². The highest BCUT2D eigenvalue weighted by Crippen LogP contribution is 2.17. The summed E-state index contributed by atoms with van der Waals surface area (Å²) in [5, 5.41) is 5.65. The molecule has 1 aromatic heterocycles. The lowest BCUT2D eigenvalue weighted by molar-refractivity contribution is -0.134. The van der Waals surface area contributed by atoms with E-state index in [0.717, 1.165) is 11.3 Å². The number of hydrogen-bond donors (Lipinski definition) is 2. The van der Waals surface area contributed by atoms with Gasteiger partial charge in [-0.05, 0) is 36.8 Å². The number of hydrogen-bond acceptors (Lipinski definition) is 5. The van der Waals surface area contributed by atoms with Gasteiger partial charge in [0.1, 0.15) is 11.5 Å². The van der Waals surface area contributed by atoms with E-state index in [4.69, 9.17) is 9.15 Å². The van der Waals surface area contributed by atoms with Crippen molar-refractivity contribution in [3.8, 4) is 5.75 Å². The van der Waals surface area contributed by atoms with E-state index in [1.54, 1.807) is 18.4 Å². The lowest BCUT2D eigenvalue weighted by Crippen LogP contribution is -2.56. The van der Waals surface area contributed by atoms with Gasteiger partial charge in [-0.1, -0.05) is 12.1 Å². The van der Waals surface area contributed by atoms with Gasteiger partial charge in [-0.15, -0.1) is 0 Å². The molecule has 1 aliphatic rings. The summed E-state index contributed by atoms with van der Waals surface area (Å²) in [4.78, 5) is 26.7. The first kappa shape index (κ1) is 19.0. The Balaban J connectivity index is 1.58. The predicted octanol–water partition coefficient (Wildman–Crippen LogP) is 1.69. The molecule has 1 saturated heterocycles. The van der Waals surface area contributed by atoms with Gasteiger partial charge in [0.25, 0.3) is 0 Å². The van der Waals surface area contributed by atoms with E-state index in [2.05, 4.69) is 10.6 Å². The van der Waals surface area contributed by atoms with Crippen molar-refractivity contribution in [2.45, 2.75) is 32.5 Å². The summed E-state index contributed by atoms with van der Waals surface area (Å²) >= 11 is 0. The molecule has 2 heterocycles. The van der Waals surface area contributed by atoms with Crippen molar-refractivity contribution >= 4 is 11.8 Å². The molecule has 1 atom stereocenters. The van der Waals surface area contributed by atoms with Crippen molar-refractivity contribution in [1.82, 2.24) is 15.5 Å². The predicted molar refractivity (Wildman–Crippen MR) is 100.0 cm³/mol. The molecule has 3 rings (SSSR count). The summed E-state index contributed by atoms with van der Waals surface area (Å²) in [5.74, 6) is 1.22. The minimum atomic E-state index is -0.484. The number of nitrogens with one attached hydrogen (secondary N) is 2. The van der Waals surface area contributed by atoms with Crippen LogP contribution in [-0.2, 0) is 22.7 Å². The molecule has 2 amide bonds.